The molecule has 2 rings (SSSR count). The first-order valence-corrected chi connectivity index (χ1v) is 7.34. The SMILES string of the molecule is Fc1ccc(CNC(=S)NCc2cccc(Br)c2)cc1. The van der Waals surface area contributed by atoms with Crippen LogP contribution in [0.5, 0.6) is 0 Å². The first-order chi connectivity index (χ1) is 9.63. The Morgan fingerprint density at radius 2 is 1.65 bits per heavy atom. The maximum absolute atomic E-state index is 12.8. The van der Waals surface area contributed by atoms with Gasteiger partial charge in [-0.1, -0.05) is 40.2 Å². The number of rotatable bonds is 4. The lowest BCUT2D eigenvalue weighted by molar-refractivity contribution is 0.626. The van der Waals surface area contributed by atoms with Crippen LogP contribution < -0.4 is 10.6 Å². The fourth-order valence-corrected chi connectivity index (χ4v) is 2.27. The van der Waals surface area contributed by atoms with E-state index in [0.29, 0.717) is 18.2 Å². The average molecular weight is 353 g/mol. The van der Waals surface area contributed by atoms with Gasteiger partial charge in [0.25, 0.3) is 0 Å². The molecule has 0 bridgehead atoms. The lowest BCUT2D eigenvalue weighted by atomic mass is 10.2. The van der Waals surface area contributed by atoms with Gasteiger partial charge in [0.05, 0.1) is 0 Å². The van der Waals surface area contributed by atoms with E-state index < -0.39 is 0 Å². The minimum atomic E-state index is -0.232. The zero-order valence-corrected chi connectivity index (χ0v) is 13.1. The maximum atomic E-state index is 12.8. The summed E-state index contributed by atoms with van der Waals surface area (Å²) < 4.78 is 13.8. The van der Waals surface area contributed by atoms with Crippen LogP contribution in [0.1, 0.15) is 11.1 Å². The van der Waals surface area contributed by atoms with E-state index in [1.165, 1.54) is 12.1 Å². The van der Waals surface area contributed by atoms with Gasteiger partial charge >= 0.3 is 0 Å². The zero-order chi connectivity index (χ0) is 14.4. The Balaban J connectivity index is 1.77. The third-order valence-electron chi connectivity index (χ3n) is 2.71. The van der Waals surface area contributed by atoms with Gasteiger partial charge in [0.1, 0.15) is 5.82 Å². The average Bonchev–Trinajstić information content (AvgIpc) is 2.45. The second-order valence-electron chi connectivity index (χ2n) is 4.29. The van der Waals surface area contributed by atoms with Gasteiger partial charge in [0.2, 0.25) is 0 Å². The van der Waals surface area contributed by atoms with Gasteiger partial charge in [-0.25, -0.2) is 4.39 Å². The molecule has 2 N–H and O–H groups in total. The summed E-state index contributed by atoms with van der Waals surface area (Å²) in [5.41, 5.74) is 2.13. The number of thiocarbonyl (C=S) groups is 1. The van der Waals surface area contributed by atoms with Crippen molar-refractivity contribution in [2.75, 3.05) is 0 Å². The lowest BCUT2D eigenvalue weighted by Crippen LogP contribution is -2.34. The standard InChI is InChI=1S/C15H14BrFN2S/c16-13-3-1-2-12(8-13)10-19-15(20)18-9-11-4-6-14(17)7-5-11/h1-8H,9-10H2,(H2,18,19,20). The smallest absolute Gasteiger partial charge is 0.166 e. The summed E-state index contributed by atoms with van der Waals surface area (Å²) in [6, 6.07) is 14.4. The minimum absolute atomic E-state index is 0.232. The molecule has 0 saturated heterocycles. The van der Waals surface area contributed by atoms with Crippen molar-refractivity contribution in [3.8, 4) is 0 Å². The highest BCUT2D eigenvalue weighted by Gasteiger charge is 1.98. The molecular weight excluding hydrogens is 339 g/mol. The van der Waals surface area contributed by atoms with Gasteiger partial charge in [-0.05, 0) is 47.6 Å². The molecule has 5 heteroatoms. The largest absolute Gasteiger partial charge is 0.359 e. The molecule has 0 aromatic heterocycles. The molecule has 0 saturated carbocycles. The Bertz CT molecular complexity index is 587. The van der Waals surface area contributed by atoms with Crippen molar-refractivity contribution in [3.05, 3.63) is 69.9 Å². The van der Waals surface area contributed by atoms with Gasteiger partial charge in [-0.3, -0.25) is 0 Å². The molecule has 0 amide bonds. The van der Waals surface area contributed by atoms with E-state index in [0.717, 1.165) is 15.6 Å². The number of nitrogens with one attached hydrogen (secondary N) is 2. The molecule has 0 aliphatic heterocycles. The molecule has 0 aliphatic carbocycles. The van der Waals surface area contributed by atoms with Crippen molar-refractivity contribution in [2.24, 2.45) is 0 Å². The summed E-state index contributed by atoms with van der Waals surface area (Å²) in [6.45, 7) is 1.24. The molecule has 2 nitrogen and oxygen atoms in total. The Labute approximate surface area is 131 Å². The molecular formula is C15H14BrFN2S. The highest BCUT2D eigenvalue weighted by atomic mass is 79.9. The summed E-state index contributed by atoms with van der Waals surface area (Å²) in [7, 11) is 0. The molecule has 0 atom stereocenters. The predicted molar refractivity (Wildman–Crippen MR) is 86.8 cm³/mol. The van der Waals surface area contributed by atoms with E-state index in [1.807, 2.05) is 24.3 Å². The van der Waals surface area contributed by atoms with Crippen LogP contribution in [0.15, 0.2) is 53.0 Å². The van der Waals surface area contributed by atoms with Gasteiger partial charge < -0.3 is 10.6 Å². The highest BCUT2D eigenvalue weighted by molar-refractivity contribution is 9.10. The quantitative estimate of drug-likeness (QED) is 0.819. The molecule has 0 fully saturated rings. The van der Waals surface area contributed by atoms with E-state index in [-0.39, 0.29) is 5.82 Å². The first-order valence-electron chi connectivity index (χ1n) is 6.14. The fraction of sp³-hybridized carbons (Fsp3) is 0.133. The third kappa shape index (κ3) is 4.90. The summed E-state index contributed by atoms with van der Waals surface area (Å²) >= 11 is 8.63. The van der Waals surface area contributed by atoms with Crippen molar-refractivity contribution < 1.29 is 4.39 Å². The first kappa shape index (κ1) is 14.9. The van der Waals surface area contributed by atoms with Crippen molar-refractivity contribution in [3.63, 3.8) is 0 Å². The van der Waals surface area contributed by atoms with Gasteiger partial charge in [-0.15, -0.1) is 0 Å². The second kappa shape index (κ2) is 7.36. The summed E-state index contributed by atoms with van der Waals surface area (Å²) in [6.07, 6.45) is 0. The highest BCUT2D eigenvalue weighted by Crippen LogP contribution is 2.11. The van der Waals surface area contributed by atoms with Crippen LogP contribution in [-0.2, 0) is 13.1 Å². The Morgan fingerprint density at radius 3 is 2.30 bits per heavy atom. The zero-order valence-electron chi connectivity index (χ0n) is 10.7. The van der Waals surface area contributed by atoms with Gasteiger partial charge in [0, 0.05) is 17.6 Å². The molecule has 104 valence electrons. The molecule has 0 heterocycles. The third-order valence-corrected chi connectivity index (χ3v) is 3.49. The molecule has 0 spiro atoms. The Kier molecular flexibility index (Phi) is 5.49. The van der Waals surface area contributed by atoms with E-state index in [9.17, 15) is 4.39 Å². The summed E-state index contributed by atoms with van der Waals surface area (Å²) in [4.78, 5) is 0. The van der Waals surface area contributed by atoms with Gasteiger partial charge in [0.15, 0.2) is 5.11 Å². The number of benzene rings is 2. The van der Waals surface area contributed by atoms with Crippen LogP contribution in [-0.4, -0.2) is 5.11 Å². The van der Waals surface area contributed by atoms with E-state index in [1.54, 1.807) is 12.1 Å². The topological polar surface area (TPSA) is 24.1 Å². The van der Waals surface area contributed by atoms with Gasteiger partial charge in [-0.2, -0.15) is 0 Å². The number of hydrogen-bond acceptors (Lipinski definition) is 1. The second-order valence-corrected chi connectivity index (χ2v) is 5.62. The molecule has 2 aromatic carbocycles. The van der Waals surface area contributed by atoms with Crippen molar-refractivity contribution in [1.29, 1.82) is 0 Å². The predicted octanol–water partition coefficient (Wildman–Crippen LogP) is 3.75. The number of hydrogen-bond donors (Lipinski definition) is 2. The minimum Gasteiger partial charge on any atom is -0.359 e. The van der Waals surface area contributed by atoms with Crippen molar-refractivity contribution >= 4 is 33.3 Å². The van der Waals surface area contributed by atoms with Crippen molar-refractivity contribution in [1.82, 2.24) is 10.6 Å². The normalized spacial score (nSPS) is 10.1. The Morgan fingerprint density at radius 1 is 1.00 bits per heavy atom. The van der Waals surface area contributed by atoms with Crippen LogP contribution >= 0.6 is 28.1 Å². The van der Waals surface area contributed by atoms with E-state index in [4.69, 9.17) is 12.2 Å². The maximum Gasteiger partial charge on any atom is 0.166 e. The van der Waals surface area contributed by atoms with Crippen LogP contribution in [0.3, 0.4) is 0 Å². The van der Waals surface area contributed by atoms with Crippen LogP contribution in [0.2, 0.25) is 0 Å². The van der Waals surface area contributed by atoms with Crippen LogP contribution in [0, 0.1) is 5.82 Å². The summed E-state index contributed by atoms with van der Waals surface area (Å²) in [5, 5.41) is 6.80. The molecule has 0 aliphatic rings. The lowest BCUT2D eigenvalue weighted by Gasteiger charge is -2.11. The Hall–Kier alpha value is -1.46. The molecule has 2 aromatic rings. The molecule has 0 radical (unpaired) electrons. The van der Waals surface area contributed by atoms with Crippen LogP contribution in [0.4, 0.5) is 4.39 Å². The van der Waals surface area contributed by atoms with Crippen molar-refractivity contribution in [2.45, 2.75) is 13.1 Å². The van der Waals surface area contributed by atoms with E-state index in [2.05, 4.69) is 26.6 Å². The summed E-state index contributed by atoms with van der Waals surface area (Å²) in [5.74, 6) is -0.232. The molecule has 20 heavy (non-hydrogen) atoms. The monoisotopic (exact) mass is 352 g/mol. The fourth-order valence-electron chi connectivity index (χ4n) is 1.68. The number of halogens is 2. The van der Waals surface area contributed by atoms with E-state index >= 15 is 0 Å². The van der Waals surface area contributed by atoms with Crippen LogP contribution in [0.25, 0.3) is 0 Å². The molecule has 0 unspecified atom stereocenters.